The van der Waals surface area contributed by atoms with Crippen molar-refractivity contribution in [2.45, 2.75) is 51.7 Å². The lowest BCUT2D eigenvalue weighted by molar-refractivity contribution is -0.136. The Kier molecular flexibility index (Phi) is 4.74. The summed E-state index contributed by atoms with van der Waals surface area (Å²) < 4.78 is 0. The molecule has 4 heteroatoms. The van der Waals surface area contributed by atoms with Gasteiger partial charge in [0, 0.05) is 25.2 Å². The molecule has 0 aliphatic carbocycles. The van der Waals surface area contributed by atoms with Crippen LogP contribution in [0.2, 0.25) is 0 Å². The lowest BCUT2D eigenvalue weighted by Crippen LogP contribution is -2.59. The van der Waals surface area contributed by atoms with Crippen molar-refractivity contribution in [2.24, 2.45) is 5.73 Å². The molecule has 0 bridgehead atoms. The molecular formula is C12H25N3O. The Morgan fingerprint density at radius 1 is 1.38 bits per heavy atom. The predicted molar refractivity (Wildman–Crippen MR) is 66.2 cm³/mol. The van der Waals surface area contributed by atoms with E-state index in [0.717, 1.165) is 25.9 Å². The first kappa shape index (κ1) is 13.5. The van der Waals surface area contributed by atoms with Gasteiger partial charge in [-0.3, -0.25) is 9.69 Å². The second kappa shape index (κ2) is 5.64. The molecule has 94 valence electrons. The second-order valence-corrected chi connectivity index (χ2v) is 5.00. The number of nitrogens with two attached hydrogens (primary N) is 1. The maximum absolute atomic E-state index is 12.1. The van der Waals surface area contributed by atoms with Crippen molar-refractivity contribution in [3.63, 3.8) is 0 Å². The summed E-state index contributed by atoms with van der Waals surface area (Å²) in [6, 6.07) is 0.524. The van der Waals surface area contributed by atoms with Crippen molar-refractivity contribution < 1.29 is 4.79 Å². The number of likely N-dealkylation sites (N-methyl/N-ethyl adjacent to an activating group) is 1. The van der Waals surface area contributed by atoms with Crippen LogP contribution >= 0.6 is 0 Å². The number of amides is 1. The molecule has 0 spiro atoms. The Balaban J connectivity index is 2.57. The first-order valence-electron chi connectivity index (χ1n) is 6.23. The van der Waals surface area contributed by atoms with Gasteiger partial charge in [-0.2, -0.15) is 0 Å². The van der Waals surface area contributed by atoms with E-state index < -0.39 is 0 Å². The van der Waals surface area contributed by atoms with Gasteiger partial charge in [-0.1, -0.05) is 13.3 Å². The Hall–Kier alpha value is -0.610. The molecule has 3 atom stereocenters. The molecule has 0 aromatic rings. The molecule has 2 unspecified atom stereocenters. The van der Waals surface area contributed by atoms with Crippen molar-refractivity contribution in [3.05, 3.63) is 0 Å². The van der Waals surface area contributed by atoms with Gasteiger partial charge in [-0.15, -0.1) is 0 Å². The van der Waals surface area contributed by atoms with Crippen LogP contribution in [-0.4, -0.2) is 54.0 Å². The van der Waals surface area contributed by atoms with Crippen molar-refractivity contribution in [3.8, 4) is 0 Å². The molecule has 1 rings (SSSR count). The molecule has 2 N–H and O–H groups in total. The van der Waals surface area contributed by atoms with Crippen LogP contribution in [0, 0.1) is 0 Å². The quantitative estimate of drug-likeness (QED) is 0.771. The molecule has 16 heavy (non-hydrogen) atoms. The first-order chi connectivity index (χ1) is 7.47. The van der Waals surface area contributed by atoms with Crippen LogP contribution in [0.15, 0.2) is 0 Å². The molecule has 0 radical (unpaired) electrons. The summed E-state index contributed by atoms with van der Waals surface area (Å²) in [4.78, 5) is 16.3. The fraction of sp³-hybridized carbons (Fsp3) is 0.917. The second-order valence-electron chi connectivity index (χ2n) is 5.00. The smallest absolute Gasteiger partial charge is 0.239 e. The van der Waals surface area contributed by atoms with Crippen LogP contribution in [0.3, 0.4) is 0 Å². The zero-order valence-electron chi connectivity index (χ0n) is 10.9. The van der Waals surface area contributed by atoms with Crippen molar-refractivity contribution in [2.75, 3.05) is 20.1 Å². The number of rotatable bonds is 3. The number of carbonyl (C=O) groups excluding carboxylic acids is 1. The number of hydrogen-bond donors (Lipinski definition) is 1. The van der Waals surface area contributed by atoms with Gasteiger partial charge in [-0.25, -0.2) is 0 Å². The topological polar surface area (TPSA) is 49.6 Å². The standard InChI is InChI=1S/C12H25N3O/c1-5-6-11(13)12(16)15-7-9(2)14(4)10(3)8-15/h9-11H,5-8,13H2,1-4H3/t9?,10?,11-/m0/s1. The maximum atomic E-state index is 12.1. The molecule has 1 saturated heterocycles. The van der Waals surface area contributed by atoms with Gasteiger partial charge in [0.2, 0.25) is 5.91 Å². The number of carbonyl (C=O) groups is 1. The molecule has 1 heterocycles. The van der Waals surface area contributed by atoms with Crippen LogP contribution in [0.25, 0.3) is 0 Å². The van der Waals surface area contributed by atoms with E-state index in [9.17, 15) is 4.79 Å². The molecule has 1 aliphatic rings. The van der Waals surface area contributed by atoms with E-state index >= 15 is 0 Å². The molecule has 1 amide bonds. The highest BCUT2D eigenvalue weighted by atomic mass is 16.2. The SMILES string of the molecule is CCC[C@H](N)C(=O)N1CC(C)N(C)C(C)C1. The van der Waals surface area contributed by atoms with Crippen LogP contribution in [0.5, 0.6) is 0 Å². The molecule has 0 saturated carbocycles. The summed E-state index contributed by atoms with van der Waals surface area (Å²) in [7, 11) is 2.11. The molecular weight excluding hydrogens is 202 g/mol. The van der Waals surface area contributed by atoms with E-state index in [0.29, 0.717) is 12.1 Å². The summed E-state index contributed by atoms with van der Waals surface area (Å²) in [6.45, 7) is 7.97. The molecule has 1 fully saturated rings. The minimum atomic E-state index is -0.312. The normalized spacial score (nSPS) is 29.2. The van der Waals surface area contributed by atoms with Crippen molar-refractivity contribution >= 4 is 5.91 Å². The van der Waals surface area contributed by atoms with Crippen LogP contribution in [0.1, 0.15) is 33.6 Å². The molecule has 1 aliphatic heterocycles. The third-order valence-corrected chi connectivity index (χ3v) is 3.59. The van der Waals surface area contributed by atoms with Gasteiger partial charge in [0.15, 0.2) is 0 Å². The summed E-state index contributed by atoms with van der Waals surface area (Å²) in [6.07, 6.45) is 1.75. The summed E-state index contributed by atoms with van der Waals surface area (Å²) in [5.41, 5.74) is 5.88. The third kappa shape index (κ3) is 2.95. The third-order valence-electron chi connectivity index (χ3n) is 3.59. The van der Waals surface area contributed by atoms with Gasteiger partial charge < -0.3 is 10.6 Å². The Morgan fingerprint density at radius 2 is 1.88 bits per heavy atom. The first-order valence-corrected chi connectivity index (χ1v) is 6.23. The monoisotopic (exact) mass is 227 g/mol. The van der Waals surface area contributed by atoms with Gasteiger partial charge in [0.05, 0.1) is 6.04 Å². The molecule has 4 nitrogen and oxygen atoms in total. The van der Waals surface area contributed by atoms with E-state index in [1.165, 1.54) is 0 Å². The lowest BCUT2D eigenvalue weighted by Gasteiger charge is -2.43. The lowest BCUT2D eigenvalue weighted by atomic mass is 10.1. The highest BCUT2D eigenvalue weighted by molar-refractivity contribution is 5.81. The fourth-order valence-corrected chi connectivity index (χ4v) is 2.25. The Morgan fingerprint density at radius 3 is 2.31 bits per heavy atom. The van der Waals surface area contributed by atoms with E-state index in [-0.39, 0.29) is 11.9 Å². The van der Waals surface area contributed by atoms with E-state index in [1.807, 2.05) is 4.90 Å². The van der Waals surface area contributed by atoms with Crippen LogP contribution in [-0.2, 0) is 4.79 Å². The van der Waals surface area contributed by atoms with E-state index in [1.54, 1.807) is 0 Å². The van der Waals surface area contributed by atoms with Gasteiger partial charge in [-0.05, 0) is 27.3 Å². The minimum absolute atomic E-state index is 0.119. The number of hydrogen-bond acceptors (Lipinski definition) is 3. The van der Waals surface area contributed by atoms with Crippen LogP contribution in [0.4, 0.5) is 0 Å². The summed E-state index contributed by atoms with van der Waals surface area (Å²) in [5, 5.41) is 0. The van der Waals surface area contributed by atoms with Crippen molar-refractivity contribution in [1.82, 2.24) is 9.80 Å². The Bertz CT molecular complexity index is 232. The molecule has 0 aromatic heterocycles. The molecule has 0 aromatic carbocycles. The van der Waals surface area contributed by atoms with E-state index in [2.05, 4.69) is 32.7 Å². The largest absolute Gasteiger partial charge is 0.338 e. The van der Waals surface area contributed by atoms with Crippen molar-refractivity contribution in [1.29, 1.82) is 0 Å². The maximum Gasteiger partial charge on any atom is 0.239 e. The predicted octanol–water partition coefficient (Wildman–Crippen LogP) is 0.665. The Labute approximate surface area is 98.8 Å². The summed E-state index contributed by atoms with van der Waals surface area (Å²) >= 11 is 0. The minimum Gasteiger partial charge on any atom is -0.338 e. The van der Waals surface area contributed by atoms with Gasteiger partial charge in [0.1, 0.15) is 0 Å². The highest BCUT2D eigenvalue weighted by Gasteiger charge is 2.31. The van der Waals surface area contributed by atoms with Gasteiger partial charge in [0.25, 0.3) is 0 Å². The number of piperazine rings is 1. The fourth-order valence-electron chi connectivity index (χ4n) is 2.25. The van der Waals surface area contributed by atoms with E-state index in [4.69, 9.17) is 5.73 Å². The summed E-state index contributed by atoms with van der Waals surface area (Å²) in [5.74, 6) is 0.119. The zero-order chi connectivity index (χ0) is 12.3. The number of nitrogens with zero attached hydrogens (tertiary/aromatic N) is 2. The van der Waals surface area contributed by atoms with Gasteiger partial charge >= 0.3 is 0 Å². The zero-order valence-corrected chi connectivity index (χ0v) is 10.9. The average Bonchev–Trinajstić information content (AvgIpc) is 2.24. The van der Waals surface area contributed by atoms with Crippen LogP contribution < -0.4 is 5.73 Å². The highest BCUT2D eigenvalue weighted by Crippen LogP contribution is 2.14. The average molecular weight is 227 g/mol.